The quantitative estimate of drug-likeness (QED) is 0.546. The Bertz CT molecular complexity index is 1040. The number of rotatable bonds is 5. The first-order valence-electron chi connectivity index (χ1n) is 9.97. The summed E-state index contributed by atoms with van der Waals surface area (Å²) in [5, 5.41) is 11.5. The number of carbonyl (C=O) groups excluding carboxylic acids is 1. The van der Waals surface area contributed by atoms with Gasteiger partial charge in [-0.3, -0.25) is 9.36 Å². The highest BCUT2D eigenvalue weighted by Crippen LogP contribution is 2.36. The molecule has 0 saturated heterocycles. The van der Waals surface area contributed by atoms with Gasteiger partial charge >= 0.3 is 0 Å². The molecule has 1 aliphatic rings. The van der Waals surface area contributed by atoms with E-state index in [4.69, 9.17) is 0 Å². The number of amides is 1. The van der Waals surface area contributed by atoms with Gasteiger partial charge in [-0.05, 0) is 67.8 Å². The number of benzene rings is 1. The molecule has 3 aromatic rings. The third-order valence-electron chi connectivity index (χ3n) is 5.53. The van der Waals surface area contributed by atoms with Crippen LogP contribution >= 0.6 is 23.1 Å². The van der Waals surface area contributed by atoms with Gasteiger partial charge in [-0.2, -0.15) is 0 Å². The summed E-state index contributed by atoms with van der Waals surface area (Å²) in [5.41, 5.74) is 4.77. The summed E-state index contributed by atoms with van der Waals surface area (Å²) in [7, 11) is 0. The molecule has 1 unspecified atom stereocenters. The fraction of sp³-hybridized carbons (Fsp3) is 0.409. The minimum absolute atomic E-state index is 0.173. The highest BCUT2D eigenvalue weighted by atomic mass is 32.2. The number of thioether (sulfide) groups is 1. The number of carbonyl (C=O) groups is 1. The summed E-state index contributed by atoms with van der Waals surface area (Å²) in [4.78, 5) is 16.6. The van der Waals surface area contributed by atoms with Gasteiger partial charge in [0.15, 0.2) is 5.16 Å². The lowest BCUT2D eigenvalue weighted by molar-refractivity contribution is -0.131. The van der Waals surface area contributed by atoms with Gasteiger partial charge in [0.1, 0.15) is 5.82 Å². The molecule has 152 valence electrons. The fourth-order valence-electron chi connectivity index (χ4n) is 4.02. The third kappa shape index (κ3) is 3.85. The van der Waals surface area contributed by atoms with Crippen LogP contribution in [0.5, 0.6) is 0 Å². The lowest BCUT2D eigenvalue weighted by Gasteiger charge is -2.35. The maximum atomic E-state index is 13.1. The molecule has 5 nitrogen and oxygen atoms in total. The monoisotopic (exact) mass is 426 g/mol. The molecule has 3 heterocycles. The number of hydrogen-bond donors (Lipinski definition) is 0. The zero-order valence-electron chi connectivity index (χ0n) is 17.3. The predicted octanol–water partition coefficient (Wildman–Crippen LogP) is 4.88. The standard InChI is InChI=1S/C22H26N4OS2/c1-5-18-17-9-11-28-20(17)8-10-25(18)21(27)13-29-22-24-23-16(4)26(22)19-12-14(2)6-7-15(19)3/h6-7,9,11-12,18H,5,8,10,13H2,1-4H3. The number of nitrogens with zero attached hydrogens (tertiary/aromatic N) is 4. The van der Waals surface area contributed by atoms with E-state index < -0.39 is 0 Å². The van der Waals surface area contributed by atoms with E-state index in [-0.39, 0.29) is 11.9 Å². The van der Waals surface area contributed by atoms with Crippen LogP contribution in [0, 0.1) is 20.8 Å². The van der Waals surface area contributed by atoms with Crippen LogP contribution < -0.4 is 0 Å². The average Bonchev–Trinajstić information content (AvgIpc) is 3.33. The maximum absolute atomic E-state index is 13.1. The zero-order chi connectivity index (χ0) is 20.5. The Labute approximate surface area is 180 Å². The lowest BCUT2D eigenvalue weighted by atomic mass is 9.98. The normalized spacial score (nSPS) is 16.1. The minimum Gasteiger partial charge on any atom is -0.335 e. The smallest absolute Gasteiger partial charge is 0.233 e. The summed E-state index contributed by atoms with van der Waals surface area (Å²) in [6.07, 6.45) is 1.90. The van der Waals surface area contributed by atoms with E-state index in [1.165, 1.54) is 33.3 Å². The van der Waals surface area contributed by atoms with E-state index in [2.05, 4.69) is 65.2 Å². The van der Waals surface area contributed by atoms with Crippen molar-refractivity contribution in [1.29, 1.82) is 0 Å². The summed E-state index contributed by atoms with van der Waals surface area (Å²) < 4.78 is 2.06. The number of thiophene rings is 1. The van der Waals surface area contributed by atoms with Gasteiger partial charge in [-0.25, -0.2) is 0 Å². The van der Waals surface area contributed by atoms with Crippen LogP contribution in [0.4, 0.5) is 0 Å². The molecule has 0 radical (unpaired) electrons. The summed E-state index contributed by atoms with van der Waals surface area (Å²) in [5.74, 6) is 1.38. The first kappa shape index (κ1) is 20.2. The largest absolute Gasteiger partial charge is 0.335 e. The summed E-state index contributed by atoms with van der Waals surface area (Å²) >= 11 is 3.28. The second kappa shape index (κ2) is 8.32. The topological polar surface area (TPSA) is 51.0 Å². The summed E-state index contributed by atoms with van der Waals surface area (Å²) in [6.45, 7) is 9.08. The van der Waals surface area contributed by atoms with Crippen molar-refractivity contribution in [3.63, 3.8) is 0 Å². The van der Waals surface area contributed by atoms with Gasteiger partial charge < -0.3 is 4.90 Å². The van der Waals surface area contributed by atoms with Crippen molar-refractivity contribution >= 4 is 29.0 Å². The van der Waals surface area contributed by atoms with Gasteiger partial charge in [0.05, 0.1) is 17.5 Å². The molecule has 7 heteroatoms. The minimum atomic E-state index is 0.173. The Morgan fingerprint density at radius 1 is 1.24 bits per heavy atom. The number of aromatic nitrogens is 3. The second-order valence-electron chi connectivity index (χ2n) is 7.50. The Balaban J connectivity index is 1.53. The van der Waals surface area contributed by atoms with Gasteiger partial charge in [-0.1, -0.05) is 30.8 Å². The van der Waals surface area contributed by atoms with E-state index in [1.54, 1.807) is 0 Å². The molecule has 0 spiro atoms. The Hall–Kier alpha value is -2.12. The molecular weight excluding hydrogens is 400 g/mol. The Morgan fingerprint density at radius 3 is 2.86 bits per heavy atom. The SMILES string of the molecule is CCC1c2ccsc2CCN1C(=O)CSc1nnc(C)n1-c1cc(C)ccc1C. The molecule has 0 N–H and O–H groups in total. The average molecular weight is 427 g/mol. The fourth-order valence-corrected chi connectivity index (χ4v) is 5.82. The van der Waals surface area contributed by atoms with Gasteiger partial charge in [0.25, 0.3) is 0 Å². The number of aryl methyl sites for hydroxylation is 3. The van der Waals surface area contributed by atoms with Crippen LogP contribution in [-0.4, -0.2) is 37.9 Å². The number of hydrogen-bond acceptors (Lipinski definition) is 5. The summed E-state index contributed by atoms with van der Waals surface area (Å²) in [6, 6.07) is 8.74. The molecule has 0 fully saturated rings. The first-order valence-corrected chi connectivity index (χ1v) is 11.8. The van der Waals surface area contributed by atoms with E-state index in [1.807, 2.05) is 23.2 Å². The van der Waals surface area contributed by atoms with Crippen LogP contribution in [0.2, 0.25) is 0 Å². The molecule has 0 bridgehead atoms. The molecule has 1 amide bonds. The molecule has 29 heavy (non-hydrogen) atoms. The van der Waals surface area contributed by atoms with Crippen LogP contribution in [0.25, 0.3) is 5.69 Å². The van der Waals surface area contributed by atoms with Gasteiger partial charge in [-0.15, -0.1) is 21.5 Å². The third-order valence-corrected chi connectivity index (χ3v) is 7.44. The van der Waals surface area contributed by atoms with Crippen molar-refractivity contribution in [3.8, 4) is 5.69 Å². The van der Waals surface area contributed by atoms with Crippen LogP contribution in [0.15, 0.2) is 34.8 Å². The molecule has 0 saturated carbocycles. The Morgan fingerprint density at radius 2 is 2.07 bits per heavy atom. The zero-order valence-corrected chi connectivity index (χ0v) is 18.9. The lowest BCUT2D eigenvalue weighted by Crippen LogP contribution is -2.40. The van der Waals surface area contributed by atoms with E-state index in [9.17, 15) is 4.79 Å². The highest BCUT2D eigenvalue weighted by molar-refractivity contribution is 7.99. The Kier molecular flexibility index (Phi) is 5.79. The van der Waals surface area contributed by atoms with E-state index in [0.717, 1.165) is 36.1 Å². The van der Waals surface area contributed by atoms with E-state index >= 15 is 0 Å². The molecule has 1 aliphatic heterocycles. The molecular formula is C22H26N4OS2. The van der Waals surface area contributed by atoms with Crippen LogP contribution in [0.3, 0.4) is 0 Å². The molecule has 1 atom stereocenters. The predicted molar refractivity (Wildman–Crippen MR) is 119 cm³/mol. The van der Waals surface area contributed by atoms with Crippen molar-refractivity contribution < 1.29 is 4.79 Å². The molecule has 1 aromatic carbocycles. The second-order valence-corrected chi connectivity index (χ2v) is 9.45. The van der Waals surface area contributed by atoms with Crippen molar-refractivity contribution in [2.75, 3.05) is 12.3 Å². The highest BCUT2D eigenvalue weighted by Gasteiger charge is 2.30. The molecule has 4 rings (SSSR count). The first-order chi connectivity index (χ1) is 14.0. The van der Waals surface area contributed by atoms with Crippen molar-refractivity contribution in [3.05, 3.63) is 57.0 Å². The van der Waals surface area contributed by atoms with Crippen LogP contribution in [-0.2, 0) is 11.2 Å². The van der Waals surface area contributed by atoms with Crippen molar-refractivity contribution in [1.82, 2.24) is 19.7 Å². The maximum Gasteiger partial charge on any atom is 0.233 e. The van der Waals surface area contributed by atoms with Crippen molar-refractivity contribution in [2.24, 2.45) is 0 Å². The van der Waals surface area contributed by atoms with E-state index in [0.29, 0.717) is 5.75 Å². The molecule has 2 aromatic heterocycles. The number of fused-ring (bicyclic) bond motifs is 1. The van der Waals surface area contributed by atoms with Crippen LogP contribution in [0.1, 0.15) is 46.8 Å². The van der Waals surface area contributed by atoms with Gasteiger partial charge in [0, 0.05) is 11.4 Å². The van der Waals surface area contributed by atoms with Gasteiger partial charge in [0.2, 0.25) is 5.91 Å². The van der Waals surface area contributed by atoms with Crippen molar-refractivity contribution in [2.45, 2.75) is 51.7 Å². The molecule has 0 aliphatic carbocycles.